The van der Waals surface area contributed by atoms with Gasteiger partial charge < -0.3 is 9.84 Å². The van der Waals surface area contributed by atoms with Gasteiger partial charge in [-0.25, -0.2) is 9.18 Å². The fourth-order valence-electron chi connectivity index (χ4n) is 1.66. The largest absolute Gasteiger partial charge is 0.493 e. The molecule has 1 heterocycles. The number of ether oxygens (including phenoxy) is 1. The number of halogens is 1. The molecule has 20 heavy (non-hydrogen) atoms. The van der Waals surface area contributed by atoms with Crippen molar-refractivity contribution >= 4 is 23.4 Å². The second-order valence-electron chi connectivity index (χ2n) is 4.03. The van der Waals surface area contributed by atoms with Crippen LogP contribution in [-0.2, 0) is 11.2 Å². The normalized spacial score (nSPS) is 10.8. The molecule has 5 heteroatoms. The van der Waals surface area contributed by atoms with Crippen molar-refractivity contribution in [1.29, 1.82) is 0 Å². The maximum atomic E-state index is 13.2. The Morgan fingerprint density at radius 1 is 1.40 bits per heavy atom. The van der Waals surface area contributed by atoms with E-state index in [9.17, 15) is 9.18 Å². The zero-order valence-electron chi connectivity index (χ0n) is 10.6. The highest BCUT2D eigenvalue weighted by Gasteiger charge is 2.04. The summed E-state index contributed by atoms with van der Waals surface area (Å²) in [6, 6.07) is 8.03. The van der Waals surface area contributed by atoms with Gasteiger partial charge >= 0.3 is 5.97 Å². The van der Waals surface area contributed by atoms with Gasteiger partial charge in [-0.3, -0.25) is 0 Å². The van der Waals surface area contributed by atoms with Gasteiger partial charge in [0.25, 0.3) is 0 Å². The van der Waals surface area contributed by atoms with Crippen molar-refractivity contribution in [1.82, 2.24) is 0 Å². The molecule has 3 nitrogen and oxygen atoms in total. The molecule has 1 aromatic heterocycles. The summed E-state index contributed by atoms with van der Waals surface area (Å²) in [7, 11) is 0. The zero-order chi connectivity index (χ0) is 14.4. The predicted octanol–water partition coefficient (Wildman–Crippen LogP) is 3.61. The van der Waals surface area contributed by atoms with Crippen LogP contribution in [0.1, 0.15) is 10.4 Å². The van der Waals surface area contributed by atoms with Crippen molar-refractivity contribution in [2.45, 2.75) is 6.42 Å². The van der Waals surface area contributed by atoms with Crippen LogP contribution in [-0.4, -0.2) is 17.7 Å². The van der Waals surface area contributed by atoms with E-state index in [0.29, 0.717) is 17.9 Å². The molecule has 0 atom stereocenters. The average molecular weight is 292 g/mol. The summed E-state index contributed by atoms with van der Waals surface area (Å²) in [5, 5.41) is 10.6. The van der Waals surface area contributed by atoms with E-state index in [1.807, 2.05) is 17.5 Å². The van der Waals surface area contributed by atoms with E-state index < -0.39 is 11.8 Å². The molecule has 0 unspecified atom stereocenters. The average Bonchev–Trinajstić information content (AvgIpc) is 2.91. The Balaban J connectivity index is 2.04. The molecule has 0 aliphatic rings. The molecule has 0 spiro atoms. The van der Waals surface area contributed by atoms with E-state index in [1.54, 1.807) is 11.3 Å². The second kappa shape index (κ2) is 6.86. The first-order valence-corrected chi connectivity index (χ1v) is 6.89. The van der Waals surface area contributed by atoms with Gasteiger partial charge in [-0.2, -0.15) is 0 Å². The van der Waals surface area contributed by atoms with Crippen LogP contribution in [0.2, 0.25) is 0 Å². The topological polar surface area (TPSA) is 46.5 Å². The first kappa shape index (κ1) is 14.3. The fourth-order valence-corrected chi connectivity index (χ4v) is 2.35. The van der Waals surface area contributed by atoms with Gasteiger partial charge in [-0.05, 0) is 35.7 Å². The van der Waals surface area contributed by atoms with Crippen LogP contribution < -0.4 is 4.74 Å². The molecule has 2 aromatic rings. The molecule has 0 bridgehead atoms. The lowest BCUT2D eigenvalue weighted by molar-refractivity contribution is -0.131. The second-order valence-corrected chi connectivity index (χ2v) is 5.06. The van der Waals surface area contributed by atoms with Gasteiger partial charge in [0.2, 0.25) is 0 Å². The highest BCUT2D eigenvalue weighted by atomic mass is 32.1. The maximum Gasteiger partial charge on any atom is 0.328 e. The quantitative estimate of drug-likeness (QED) is 0.827. The van der Waals surface area contributed by atoms with Crippen LogP contribution in [0, 0.1) is 5.82 Å². The third kappa shape index (κ3) is 4.20. The molecular formula is C15H13FO3S. The third-order valence-electron chi connectivity index (χ3n) is 2.56. The molecule has 2 rings (SSSR count). The smallest absolute Gasteiger partial charge is 0.328 e. The van der Waals surface area contributed by atoms with Crippen molar-refractivity contribution in [3.63, 3.8) is 0 Å². The number of rotatable bonds is 6. The Labute approximate surface area is 119 Å². The SMILES string of the molecule is O=C(O)/C=C/c1cc(F)ccc1OCCc1cccs1. The van der Waals surface area contributed by atoms with Crippen molar-refractivity contribution in [2.75, 3.05) is 6.61 Å². The van der Waals surface area contributed by atoms with Gasteiger partial charge in [0, 0.05) is 22.9 Å². The molecule has 0 amide bonds. The summed E-state index contributed by atoms with van der Waals surface area (Å²) >= 11 is 1.65. The lowest BCUT2D eigenvalue weighted by atomic mass is 10.2. The van der Waals surface area contributed by atoms with Gasteiger partial charge in [-0.15, -0.1) is 11.3 Å². The molecular weight excluding hydrogens is 279 g/mol. The highest BCUT2D eigenvalue weighted by Crippen LogP contribution is 2.22. The number of thiophene rings is 1. The van der Waals surface area contributed by atoms with E-state index in [1.165, 1.54) is 29.2 Å². The Hall–Kier alpha value is -2.14. The number of carboxylic acids is 1. The standard InChI is InChI=1S/C15H13FO3S/c16-12-4-5-14(11(10-12)3-6-15(17)18)19-8-7-13-2-1-9-20-13/h1-6,9-10H,7-8H2,(H,17,18)/b6-3+. The van der Waals surface area contributed by atoms with Crippen LogP contribution in [0.3, 0.4) is 0 Å². The van der Waals surface area contributed by atoms with Crippen LogP contribution in [0.4, 0.5) is 4.39 Å². The molecule has 0 aliphatic heterocycles. The molecule has 1 N–H and O–H groups in total. The number of hydrogen-bond donors (Lipinski definition) is 1. The first-order valence-electron chi connectivity index (χ1n) is 6.01. The Kier molecular flexibility index (Phi) is 4.90. The summed E-state index contributed by atoms with van der Waals surface area (Å²) in [4.78, 5) is 11.7. The maximum absolute atomic E-state index is 13.2. The van der Waals surface area contributed by atoms with Gasteiger partial charge in [-0.1, -0.05) is 6.07 Å². The van der Waals surface area contributed by atoms with Gasteiger partial charge in [0.15, 0.2) is 0 Å². The fraction of sp³-hybridized carbons (Fsp3) is 0.133. The van der Waals surface area contributed by atoms with Crippen molar-refractivity contribution in [2.24, 2.45) is 0 Å². The number of aliphatic carboxylic acids is 1. The Morgan fingerprint density at radius 3 is 2.95 bits per heavy atom. The molecule has 0 radical (unpaired) electrons. The zero-order valence-corrected chi connectivity index (χ0v) is 11.4. The minimum atomic E-state index is -1.08. The van der Waals surface area contributed by atoms with E-state index in [4.69, 9.17) is 9.84 Å². The van der Waals surface area contributed by atoms with Crippen LogP contribution in [0.15, 0.2) is 41.8 Å². The van der Waals surface area contributed by atoms with Crippen LogP contribution in [0.25, 0.3) is 6.08 Å². The molecule has 104 valence electrons. The summed E-state index contributed by atoms with van der Waals surface area (Å²) in [6.07, 6.45) is 3.05. The summed E-state index contributed by atoms with van der Waals surface area (Å²) in [6.45, 7) is 0.458. The molecule has 0 fully saturated rings. The number of carbonyl (C=O) groups is 1. The summed E-state index contributed by atoms with van der Waals surface area (Å²) in [5.41, 5.74) is 0.415. The van der Waals surface area contributed by atoms with E-state index in [0.717, 1.165) is 12.5 Å². The Morgan fingerprint density at radius 2 is 2.25 bits per heavy atom. The third-order valence-corrected chi connectivity index (χ3v) is 3.50. The highest BCUT2D eigenvalue weighted by molar-refractivity contribution is 7.09. The Bertz CT molecular complexity index is 606. The summed E-state index contributed by atoms with van der Waals surface area (Å²) in [5.74, 6) is -1.04. The van der Waals surface area contributed by atoms with Crippen molar-refractivity contribution < 1.29 is 19.0 Å². The van der Waals surface area contributed by atoms with E-state index in [2.05, 4.69) is 0 Å². The first-order chi connectivity index (χ1) is 9.65. The molecule has 0 saturated heterocycles. The van der Waals surface area contributed by atoms with Gasteiger partial charge in [0.1, 0.15) is 11.6 Å². The number of benzene rings is 1. The van der Waals surface area contributed by atoms with Crippen molar-refractivity contribution in [3.05, 3.63) is 58.0 Å². The van der Waals surface area contributed by atoms with E-state index >= 15 is 0 Å². The monoisotopic (exact) mass is 292 g/mol. The summed E-state index contributed by atoms with van der Waals surface area (Å²) < 4.78 is 18.8. The van der Waals surface area contributed by atoms with Crippen LogP contribution >= 0.6 is 11.3 Å². The lowest BCUT2D eigenvalue weighted by Crippen LogP contribution is -2.01. The minimum absolute atomic E-state index is 0.415. The van der Waals surface area contributed by atoms with Crippen LogP contribution in [0.5, 0.6) is 5.75 Å². The molecule has 0 saturated carbocycles. The predicted molar refractivity (Wildman–Crippen MR) is 76.6 cm³/mol. The number of hydrogen-bond acceptors (Lipinski definition) is 3. The number of carboxylic acid groups (broad SMARTS) is 1. The molecule has 0 aliphatic carbocycles. The van der Waals surface area contributed by atoms with E-state index in [-0.39, 0.29) is 0 Å². The minimum Gasteiger partial charge on any atom is -0.493 e. The lowest BCUT2D eigenvalue weighted by Gasteiger charge is -2.08. The van der Waals surface area contributed by atoms with Crippen molar-refractivity contribution in [3.8, 4) is 5.75 Å². The molecule has 1 aromatic carbocycles. The van der Waals surface area contributed by atoms with Gasteiger partial charge in [0.05, 0.1) is 6.61 Å².